The largest absolute Gasteiger partial charge is 0.491 e. The molecule has 0 amide bonds. The van der Waals surface area contributed by atoms with Gasteiger partial charge < -0.3 is 14.2 Å². The Kier molecular flexibility index (Phi) is 6.29. The molecular weight excluding hydrogens is 362 g/mol. The van der Waals surface area contributed by atoms with E-state index in [0.717, 1.165) is 10.2 Å². The molecule has 0 bridgehead atoms. The molecule has 21 heavy (non-hydrogen) atoms. The number of esters is 1. The third-order valence-electron chi connectivity index (χ3n) is 3.24. The Morgan fingerprint density at radius 2 is 2.38 bits per heavy atom. The van der Waals surface area contributed by atoms with Gasteiger partial charge in [0.2, 0.25) is 0 Å². The van der Waals surface area contributed by atoms with Gasteiger partial charge >= 0.3 is 5.97 Å². The van der Waals surface area contributed by atoms with Crippen molar-refractivity contribution in [1.29, 1.82) is 0 Å². The Balaban J connectivity index is 1.87. The highest BCUT2D eigenvalue weighted by Gasteiger charge is 2.29. The van der Waals surface area contributed by atoms with Gasteiger partial charge in [0, 0.05) is 18.1 Å². The maximum absolute atomic E-state index is 11.7. The van der Waals surface area contributed by atoms with Gasteiger partial charge in [0.25, 0.3) is 0 Å². The molecule has 1 aromatic carbocycles. The number of hydrogen-bond donors (Lipinski definition) is 0. The summed E-state index contributed by atoms with van der Waals surface area (Å²) in [5.74, 6) is 0.449. The van der Waals surface area contributed by atoms with Crippen LogP contribution in [0.1, 0.15) is 0 Å². The lowest BCUT2D eigenvalue weighted by Gasteiger charge is -2.33. The van der Waals surface area contributed by atoms with Crippen LogP contribution in [0.4, 0.5) is 0 Å². The van der Waals surface area contributed by atoms with E-state index < -0.39 is 0 Å². The Hall–Kier alpha value is -0.820. The van der Waals surface area contributed by atoms with Crippen LogP contribution in [0.3, 0.4) is 0 Å². The van der Waals surface area contributed by atoms with Crippen LogP contribution in [0.5, 0.6) is 5.75 Å². The molecule has 2 rings (SSSR count). The molecule has 7 heteroatoms. The average molecular weight is 379 g/mol. The molecule has 5 nitrogen and oxygen atoms in total. The van der Waals surface area contributed by atoms with Gasteiger partial charge in [0.15, 0.2) is 0 Å². The number of nitrogens with zero attached hydrogens (tertiary/aromatic N) is 1. The van der Waals surface area contributed by atoms with Crippen LogP contribution < -0.4 is 4.74 Å². The monoisotopic (exact) mass is 377 g/mol. The second kappa shape index (κ2) is 7.98. The minimum Gasteiger partial charge on any atom is -0.491 e. The molecule has 0 radical (unpaired) electrons. The molecule has 0 aromatic heterocycles. The van der Waals surface area contributed by atoms with Crippen molar-refractivity contribution in [3.8, 4) is 5.75 Å². The Morgan fingerprint density at radius 1 is 1.57 bits per heavy atom. The van der Waals surface area contributed by atoms with Gasteiger partial charge in [0.1, 0.15) is 18.4 Å². The molecule has 0 spiro atoms. The highest BCUT2D eigenvalue weighted by Crippen LogP contribution is 2.27. The molecule has 0 aliphatic carbocycles. The lowest BCUT2D eigenvalue weighted by atomic mass is 10.2. The van der Waals surface area contributed by atoms with E-state index in [1.807, 2.05) is 11.0 Å². The topological polar surface area (TPSA) is 48.0 Å². The lowest BCUT2D eigenvalue weighted by molar-refractivity contribution is -0.153. The number of carbonyl (C=O) groups is 1. The Labute approximate surface area is 137 Å². The number of benzene rings is 1. The fourth-order valence-corrected chi connectivity index (χ4v) is 2.92. The number of carbonyl (C=O) groups excluding carboxylic acids is 1. The fourth-order valence-electron chi connectivity index (χ4n) is 2.12. The first-order chi connectivity index (χ1) is 10.1. The lowest BCUT2D eigenvalue weighted by Crippen LogP contribution is -2.51. The van der Waals surface area contributed by atoms with E-state index in [0.29, 0.717) is 37.9 Å². The van der Waals surface area contributed by atoms with Crippen LogP contribution in [0.15, 0.2) is 22.7 Å². The third kappa shape index (κ3) is 4.57. The number of rotatable bonds is 5. The number of methoxy groups -OCH3 is 1. The first kappa shape index (κ1) is 16.5. The molecule has 116 valence electrons. The highest BCUT2D eigenvalue weighted by molar-refractivity contribution is 9.10. The van der Waals surface area contributed by atoms with Gasteiger partial charge in [0.05, 0.1) is 24.8 Å². The summed E-state index contributed by atoms with van der Waals surface area (Å²) in [5, 5.41) is 0.646. The predicted octanol–water partition coefficient (Wildman–Crippen LogP) is 2.36. The molecular formula is C14H17BrClNO4. The molecule has 1 atom stereocenters. The molecule has 0 saturated carbocycles. The van der Waals surface area contributed by atoms with Crippen molar-refractivity contribution in [2.24, 2.45) is 0 Å². The van der Waals surface area contributed by atoms with Crippen LogP contribution in [-0.4, -0.2) is 56.9 Å². The van der Waals surface area contributed by atoms with Crippen LogP contribution in [-0.2, 0) is 14.3 Å². The SMILES string of the molecule is COC(=O)C1COCCN1CCOc1ccc(Cl)cc1Br. The van der Waals surface area contributed by atoms with Crippen molar-refractivity contribution in [2.75, 3.05) is 40.0 Å². The second-order valence-electron chi connectivity index (χ2n) is 4.57. The normalized spacial score (nSPS) is 19.3. The molecule has 0 N–H and O–H groups in total. The summed E-state index contributed by atoms with van der Waals surface area (Å²) >= 11 is 9.29. The van der Waals surface area contributed by atoms with E-state index in [1.54, 1.807) is 12.1 Å². The minimum atomic E-state index is -0.360. The molecule has 1 aromatic rings. The van der Waals surface area contributed by atoms with E-state index in [9.17, 15) is 4.79 Å². The third-order valence-corrected chi connectivity index (χ3v) is 4.10. The van der Waals surface area contributed by atoms with Gasteiger partial charge in [-0.25, -0.2) is 0 Å². The molecule has 1 aliphatic heterocycles. The van der Waals surface area contributed by atoms with Crippen LogP contribution in [0.2, 0.25) is 5.02 Å². The number of ether oxygens (including phenoxy) is 3. The second-order valence-corrected chi connectivity index (χ2v) is 5.86. The van der Waals surface area contributed by atoms with Crippen molar-refractivity contribution >= 4 is 33.5 Å². The summed E-state index contributed by atoms with van der Waals surface area (Å²) in [6.07, 6.45) is 0. The number of hydrogen-bond acceptors (Lipinski definition) is 5. The molecule has 1 heterocycles. The van der Waals surface area contributed by atoms with Gasteiger partial charge in [-0.05, 0) is 34.1 Å². The number of halogens is 2. The van der Waals surface area contributed by atoms with Crippen molar-refractivity contribution in [2.45, 2.75) is 6.04 Å². The van der Waals surface area contributed by atoms with Gasteiger partial charge in [-0.15, -0.1) is 0 Å². The van der Waals surface area contributed by atoms with Gasteiger partial charge in [-0.2, -0.15) is 0 Å². The first-order valence-corrected chi connectivity index (χ1v) is 7.76. The highest BCUT2D eigenvalue weighted by atomic mass is 79.9. The predicted molar refractivity (Wildman–Crippen MR) is 82.8 cm³/mol. The smallest absolute Gasteiger partial charge is 0.325 e. The standard InChI is InChI=1S/C14H17BrClNO4/c1-19-14(18)12-9-20-6-4-17(12)5-7-21-13-3-2-10(16)8-11(13)15/h2-3,8,12H,4-7,9H2,1H3. The van der Waals surface area contributed by atoms with Crippen LogP contribution in [0, 0.1) is 0 Å². The number of morpholine rings is 1. The van der Waals surface area contributed by atoms with Crippen LogP contribution >= 0.6 is 27.5 Å². The van der Waals surface area contributed by atoms with E-state index >= 15 is 0 Å². The maximum atomic E-state index is 11.7. The van der Waals surface area contributed by atoms with Crippen molar-refractivity contribution in [1.82, 2.24) is 4.90 Å². The first-order valence-electron chi connectivity index (χ1n) is 6.59. The van der Waals surface area contributed by atoms with Gasteiger partial charge in [-0.3, -0.25) is 9.69 Å². The molecule has 1 fully saturated rings. The van der Waals surface area contributed by atoms with Crippen LogP contribution in [0.25, 0.3) is 0 Å². The quantitative estimate of drug-likeness (QED) is 0.736. The molecule has 1 saturated heterocycles. The summed E-state index contributed by atoms with van der Waals surface area (Å²) in [6.45, 7) is 2.74. The fraction of sp³-hybridized carbons (Fsp3) is 0.500. The summed E-state index contributed by atoms with van der Waals surface area (Å²) < 4.78 is 16.6. The van der Waals surface area contributed by atoms with Crippen molar-refractivity contribution in [3.63, 3.8) is 0 Å². The summed E-state index contributed by atoms with van der Waals surface area (Å²) in [7, 11) is 1.39. The van der Waals surface area contributed by atoms with E-state index in [2.05, 4.69) is 15.9 Å². The maximum Gasteiger partial charge on any atom is 0.325 e. The van der Waals surface area contributed by atoms with Crippen molar-refractivity contribution in [3.05, 3.63) is 27.7 Å². The van der Waals surface area contributed by atoms with E-state index in [4.69, 9.17) is 25.8 Å². The van der Waals surface area contributed by atoms with Crippen molar-refractivity contribution < 1.29 is 19.0 Å². The molecule has 1 unspecified atom stereocenters. The van der Waals surface area contributed by atoms with E-state index in [-0.39, 0.29) is 12.0 Å². The summed E-state index contributed by atoms with van der Waals surface area (Å²) in [5.41, 5.74) is 0. The zero-order valence-corrected chi connectivity index (χ0v) is 14.0. The van der Waals surface area contributed by atoms with E-state index in [1.165, 1.54) is 7.11 Å². The summed E-state index contributed by atoms with van der Waals surface area (Å²) in [4.78, 5) is 13.7. The molecule has 1 aliphatic rings. The Bertz CT molecular complexity index is 500. The van der Waals surface area contributed by atoms with Gasteiger partial charge in [-0.1, -0.05) is 11.6 Å². The average Bonchev–Trinajstić information content (AvgIpc) is 2.49. The zero-order valence-electron chi connectivity index (χ0n) is 11.7. The zero-order chi connectivity index (χ0) is 15.2. The Morgan fingerprint density at radius 3 is 3.10 bits per heavy atom. The summed E-state index contributed by atoms with van der Waals surface area (Å²) in [6, 6.07) is 5.00. The minimum absolute atomic E-state index is 0.276.